The lowest BCUT2D eigenvalue weighted by molar-refractivity contribution is -0.202. The predicted molar refractivity (Wildman–Crippen MR) is 321 cm³/mol. The molecule has 3 unspecified atom stereocenters. The molecule has 6 rings (SSSR count). The molecule has 3 aliphatic heterocycles. The molecule has 3 saturated heterocycles. The topological polar surface area (TPSA) is 349 Å². The molecule has 85 heavy (non-hydrogen) atoms. The lowest BCUT2D eigenvalue weighted by Gasteiger charge is -2.46. The van der Waals surface area contributed by atoms with Gasteiger partial charge >= 0.3 is 0 Å². The number of amides is 8. The monoisotopic (exact) mass is 1210 g/mol. The Hall–Kier alpha value is -7.13. The average molecular weight is 1210 g/mol. The molecule has 3 aromatic rings. The number of rotatable bonds is 15. The molecule has 2 bridgehead atoms. The fourth-order valence-corrected chi connectivity index (χ4v) is 13.1. The van der Waals surface area contributed by atoms with E-state index in [0.717, 1.165) is 28.5 Å². The van der Waals surface area contributed by atoms with Crippen LogP contribution in [0.4, 0.5) is 0 Å². The van der Waals surface area contributed by atoms with Gasteiger partial charge in [-0.1, -0.05) is 131 Å². The van der Waals surface area contributed by atoms with Crippen LogP contribution in [0.25, 0.3) is 0 Å². The SMILES string of the molecule is C=C1CC(C)OC2(CCCSC(c3ccccc3)(c3ccccc3)c3ccccc3)C(=O)[C@H](CC(N)=O)NC(=O)C(CSC(=C)N1)NC(=O)CNC(=O)[C@H]([C@@H](C)CC)NC(=O)CNC(=O)CNC(=O)[C@H]([C@@H](C)[C@@H](O)CO)NC(=O)[C@@H]1C[C@@H](O)CN12. The predicted octanol–water partition coefficient (Wildman–Crippen LogP) is 0.521. The number of nitrogens with two attached hydrogens (primary N) is 1. The number of ketones is 1. The van der Waals surface area contributed by atoms with Crippen molar-refractivity contribution in [2.75, 3.05) is 44.3 Å². The number of thioether (sulfide) groups is 2. The van der Waals surface area contributed by atoms with Gasteiger partial charge in [-0.05, 0) is 54.5 Å². The van der Waals surface area contributed by atoms with Crippen LogP contribution >= 0.6 is 23.5 Å². The molecule has 3 aromatic carbocycles. The van der Waals surface area contributed by atoms with E-state index in [9.17, 15) is 48.9 Å². The van der Waals surface area contributed by atoms with E-state index in [4.69, 9.17) is 10.5 Å². The third-order valence-corrected chi connectivity index (χ3v) is 17.9. The van der Waals surface area contributed by atoms with Crippen molar-refractivity contribution in [2.45, 2.75) is 125 Å². The highest BCUT2D eigenvalue weighted by Gasteiger charge is 2.56. The van der Waals surface area contributed by atoms with Gasteiger partial charge in [0.15, 0.2) is 5.72 Å². The number of hydrogen-bond acceptors (Lipinski definition) is 17. The Kier molecular flexibility index (Phi) is 24.7. The quantitative estimate of drug-likeness (QED) is 0.0729. The van der Waals surface area contributed by atoms with Gasteiger partial charge in [-0.15, -0.1) is 23.5 Å². The van der Waals surface area contributed by atoms with Crippen molar-refractivity contribution < 1.29 is 63.2 Å². The molecular formula is C60H80N10O13S2. The van der Waals surface area contributed by atoms with E-state index >= 15 is 9.59 Å². The van der Waals surface area contributed by atoms with Gasteiger partial charge < -0.3 is 68.3 Å². The maximum absolute atomic E-state index is 16.4. The van der Waals surface area contributed by atoms with E-state index < -0.39 is 163 Å². The Morgan fingerprint density at radius 2 is 1.34 bits per heavy atom. The second-order valence-electron chi connectivity index (χ2n) is 21.6. The van der Waals surface area contributed by atoms with Crippen LogP contribution in [0.2, 0.25) is 0 Å². The number of Topliss-reactive ketones (excluding diaryl/α,β-unsaturated/α-hetero) is 1. The number of nitrogens with one attached hydrogen (secondary N) is 8. The number of primary amides is 1. The Bertz CT molecular complexity index is 2780. The third kappa shape index (κ3) is 17.5. The van der Waals surface area contributed by atoms with Crippen molar-refractivity contribution >= 4 is 76.6 Å². The van der Waals surface area contributed by atoms with Gasteiger partial charge in [-0.2, -0.15) is 0 Å². The highest BCUT2D eigenvalue weighted by Crippen LogP contribution is 2.49. The largest absolute Gasteiger partial charge is 0.394 e. The molecule has 0 aromatic heterocycles. The van der Waals surface area contributed by atoms with Crippen LogP contribution in [0.3, 0.4) is 0 Å². The number of ether oxygens (including phenoxy) is 1. The fraction of sp³-hybridized carbons (Fsp3) is 0.483. The van der Waals surface area contributed by atoms with Gasteiger partial charge in [0.2, 0.25) is 53.0 Å². The molecular weight excluding hydrogens is 1130 g/mol. The first-order valence-electron chi connectivity index (χ1n) is 28.4. The van der Waals surface area contributed by atoms with Crippen LogP contribution in [0.5, 0.6) is 0 Å². The molecule has 460 valence electrons. The minimum atomic E-state index is -2.38. The van der Waals surface area contributed by atoms with Crippen LogP contribution in [0, 0.1) is 11.8 Å². The Balaban J connectivity index is 1.53. The number of fused-ring (bicyclic) bond motifs is 7. The molecule has 23 nitrogen and oxygen atoms in total. The van der Waals surface area contributed by atoms with Crippen LogP contribution in [0.1, 0.15) is 82.9 Å². The standard InChI is InChI=1S/C60H80N10O13S2/c1-7-35(2)52-57(81)64-31-50(76)66-45-34-84-39(6)65-36(3)26-37(4)83-59(54(78)44(28-48(61)74)67-55(45)79,24-17-25-85-60(40-18-11-8-12-19-40,41-20-13-9-14-21-41)42-22-15-10-16-23-42)70-32-43(72)27-46(70)56(80)69-53(38(5)47(73)33-71)58(82)63-29-49(75)62-30-51(77)68-52/h8-16,18-23,35,37-38,43-47,52-53,65,71-73H,3,6-7,17,24-34H2,1-2,4-5H3,(H2,61,74)(H,62,75)(H,63,82)(H,64,81)(H,66,76)(H,67,79)(H,68,77)(H,69,80)/t35-,37?,38-,43+,44-,45?,46-,47-,52-,53-,59?/m0/s1. The normalized spacial score (nSPS) is 26.3. The molecule has 25 heteroatoms. The molecule has 0 saturated carbocycles. The summed E-state index contributed by atoms with van der Waals surface area (Å²) in [5.41, 5.74) is 6.68. The van der Waals surface area contributed by atoms with E-state index in [1.807, 2.05) is 91.0 Å². The second-order valence-corrected chi connectivity index (χ2v) is 24.0. The minimum absolute atomic E-state index is 0.00700. The molecule has 3 heterocycles. The van der Waals surface area contributed by atoms with E-state index in [0.29, 0.717) is 12.1 Å². The number of carbonyl (C=O) groups is 9. The fourth-order valence-electron chi connectivity index (χ4n) is 10.7. The Labute approximate surface area is 503 Å². The summed E-state index contributed by atoms with van der Waals surface area (Å²) < 4.78 is 6.24. The molecule has 3 aliphatic rings. The lowest BCUT2D eigenvalue weighted by Crippen LogP contribution is -2.68. The van der Waals surface area contributed by atoms with Crippen LogP contribution < -0.4 is 48.3 Å². The molecule has 3 fully saturated rings. The summed E-state index contributed by atoms with van der Waals surface area (Å²) >= 11 is 2.57. The summed E-state index contributed by atoms with van der Waals surface area (Å²) in [5.74, 6) is -9.97. The van der Waals surface area contributed by atoms with Crippen molar-refractivity contribution in [2.24, 2.45) is 17.6 Å². The van der Waals surface area contributed by atoms with Gasteiger partial charge in [0.1, 0.15) is 24.2 Å². The molecule has 13 N–H and O–H groups in total. The first-order chi connectivity index (χ1) is 40.5. The van der Waals surface area contributed by atoms with Crippen molar-refractivity contribution in [3.63, 3.8) is 0 Å². The summed E-state index contributed by atoms with van der Waals surface area (Å²) in [6, 6.07) is 21.7. The molecule has 0 spiro atoms. The Morgan fingerprint density at radius 1 is 0.788 bits per heavy atom. The maximum atomic E-state index is 16.4. The molecule has 11 atom stereocenters. The van der Waals surface area contributed by atoms with Crippen molar-refractivity contribution in [1.82, 2.24) is 47.4 Å². The highest BCUT2D eigenvalue weighted by atomic mass is 32.2. The third-order valence-electron chi connectivity index (χ3n) is 15.3. The van der Waals surface area contributed by atoms with E-state index in [-0.39, 0.29) is 42.2 Å². The van der Waals surface area contributed by atoms with E-state index in [1.165, 1.54) is 11.8 Å². The number of aliphatic hydroxyl groups excluding tert-OH is 3. The van der Waals surface area contributed by atoms with E-state index in [1.54, 1.807) is 32.5 Å². The first kappa shape index (κ1) is 67.0. The zero-order chi connectivity index (χ0) is 62.0. The summed E-state index contributed by atoms with van der Waals surface area (Å²) in [7, 11) is 0. The second kappa shape index (κ2) is 31.3. The molecule has 0 aliphatic carbocycles. The number of nitrogens with zero attached hydrogens (tertiary/aromatic N) is 1. The first-order valence-corrected chi connectivity index (χ1v) is 30.3. The van der Waals surface area contributed by atoms with E-state index in [2.05, 4.69) is 55.7 Å². The summed E-state index contributed by atoms with van der Waals surface area (Å²) in [5, 5.41) is 54.0. The van der Waals surface area contributed by atoms with Gasteiger partial charge in [-0.3, -0.25) is 48.1 Å². The van der Waals surface area contributed by atoms with Gasteiger partial charge in [0.05, 0.1) is 66.8 Å². The van der Waals surface area contributed by atoms with Crippen molar-refractivity contribution in [3.05, 3.63) is 132 Å². The number of aliphatic hydroxyl groups is 3. The Morgan fingerprint density at radius 3 is 1.91 bits per heavy atom. The van der Waals surface area contributed by atoms with Gasteiger partial charge in [0.25, 0.3) is 0 Å². The molecule has 0 radical (unpaired) electrons. The zero-order valence-corrected chi connectivity index (χ0v) is 49.9. The smallest absolute Gasteiger partial charge is 0.244 e. The zero-order valence-electron chi connectivity index (χ0n) is 48.3. The van der Waals surface area contributed by atoms with Crippen LogP contribution in [-0.2, 0) is 52.6 Å². The van der Waals surface area contributed by atoms with Crippen molar-refractivity contribution in [3.8, 4) is 0 Å². The van der Waals surface area contributed by atoms with Gasteiger partial charge in [-0.25, -0.2) is 0 Å². The van der Waals surface area contributed by atoms with Crippen molar-refractivity contribution in [1.29, 1.82) is 0 Å². The van der Waals surface area contributed by atoms with Gasteiger partial charge in [0, 0.05) is 30.3 Å². The average Bonchev–Trinajstić information content (AvgIpc) is 2.05. The molecule has 8 amide bonds. The highest BCUT2D eigenvalue weighted by molar-refractivity contribution is 8.03. The summed E-state index contributed by atoms with van der Waals surface area (Å²) in [6.45, 7) is 11.3. The number of benzene rings is 3. The minimum Gasteiger partial charge on any atom is -0.394 e. The number of hydrogen-bond donors (Lipinski definition) is 12. The summed E-state index contributed by atoms with van der Waals surface area (Å²) in [6.07, 6.45) is -4.94. The van der Waals surface area contributed by atoms with Crippen LogP contribution in [0.15, 0.2) is 115 Å². The van der Waals surface area contributed by atoms with Crippen LogP contribution in [-0.4, -0.2) is 172 Å². The number of carbonyl (C=O) groups excluding carboxylic acids is 9. The lowest BCUT2D eigenvalue weighted by atomic mass is 9.84. The summed E-state index contributed by atoms with van der Waals surface area (Å²) in [4.78, 5) is 129. The maximum Gasteiger partial charge on any atom is 0.244 e.